The van der Waals surface area contributed by atoms with Gasteiger partial charge in [0.25, 0.3) is 0 Å². The molecule has 0 atom stereocenters. The van der Waals surface area contributed by atoms with Gasteiger partial charge in [0.05, 0.1) is 6.42 Å². The molecule has 6 heteroatoms. The molecular formula is C26H23N3O3. The minimum atomic E-state index is -0.313. The van der Waals surface area contributed by atoms with Crippen LogP contribution in [0.15, 0.2) is 95.4 Å². The number of rotatable bonds is 7. The predicted octanol–water partition coefficient (Wildman–Crippen LogP) is 4.33. The molecule has 4 aromatic rings. The second-order valence-electron chi connectivity index (χ2n) is 7.28. The quantitative estimate of drug-likeness (QED) is 0.432. The van der Waals surface area contributed by atoms with Crippen molar-refractivity contribution in [1.29, 1.82) is 0 Å². The van der Waals surface area contributed by atoms with Crippen LogP contribution in [0, 0.1) is 0 Å². The molecule has 1 heterocycles. The fraction of sp³-hybridized carbons (Fsp3) is 0.115. The first-order valence-electron chi connectivity index (χ1n) is 10.4. The summed E-state index contributed by atoms with van der Waals surface area (Å²) < 4.78 is 6.03. The van der Waals surface area contributed by atoms with Gasteiger partial charge < -0.3 is 4.42 Å². The second-order valence-corrected chi connectivity index (χ2v) is 7.28. The van der Waals surface area contributed by atoms with E-state index < -0.39 is 0 Å². The lowest BCUT2D eigenvalue weighted by Gasteiger charge is -2.06. The Bertz CT molecular complexity index is 1120. The molecule has 0 fully saturated rings. The molecule has 0 aliphatic carbocycles. The number of carbonyl (C=O) groups excluding carboxylic acids is 2. The Morgan fingerprint density at radius 1 is 0.719 bits per heavy atom. The van der Waals surface area contributed by atoms with E-state index >= 15 is 0 Å². The number of hydrogen-bond donors (Lipinski definition) is 2. The summed E-state index contributed by atoms with van der Waals surface area (Å²) in [5.41, 5.74) is 8.37. The maximum absolute atomic E-state index is 12.2. The largest absolute Gasteiger partial charge is 0.440 e. The SMILES string of the molecule is O=C(CCc1nc(-c2ccccc2)c(-c2ccccc2)o1)NNC(=O)Cc1ccccc1. The molecule has 160 valence electrons. The van der Waals surface area contributed by atoms with Crippen molar-refractivity contribution in [3.63, 3.8) is 0 Å². The maximum atomic E-state index is 12.2. The van der Waals surface area contributed by atoms with Crippen LogP contribution in [0.5, 0.6) is 0 Å². The zero-order valence-corrected chi connectivity index (χ0v) is 17.5. The van der Waals surface area contributed by atoms with Gasteiger partial charge in [0.2, 0.25) is 11.8 Å². The van der Waals surface area contributed by atoms with E-state index in [2.05, 4.69) is 15.8 Å². The zero-order chi connectivity index (χ0) is 22.2. The molecule has 1 aromatic heterocycles. The minimum Gasteiger partial charge on any atom is -0.440 e. The molecule has 0 radical (unpaired) electrons. The first-order chi connectivity index (χ1) is 15.7. The van der Waals surface area contributed by atoms with Gasteiger partial charge in [0.1, 0.15) is 5.69 Å². The molecular weight excluding hydrogens is 402 g/mol. The van der Waals surface area contributed by atoms with Crippen LogP contribution in [0.1, 0.15) is 17.9 Å². The third kappa shape index (κ3) is 5.49. The summed E-state index contributed by atoms with van der Waals surface area (Å²) in [4.78, 5) is 28.9. The second kappa shape index (κ2) is 10.2. The molecule has 0 aliphatic rings. The summed E-state index contributed by atoms with van der Waals surface area (Å²) in [5.74, 6) is 0.544. The fourth-order valence-corrected chi connectivity index (χ4v) is 3.30. The molecule has 0 aliphatic heterocycles. The Labute approximate surface area is 186 Å². The molecule has 0 saturated heterocycles. The summed E-state index contributed by atoms with van der Waals surface area (Å²) >= 11 is 0. The number of aromatic nitrogens is 1. The predicted molar refractivity (Wildman–Crippen MR) is 122 cm³/mol. The van der Waals surface area contributed by atoms with Gasteiger partial charge in [-0.3, -0.25) is 20.4 Å². The van der Waals surface area contributed by atoms with Gasteiger partial charge in [-0.05, 0) is 5.56 Å². The van der Waals surface area contributed by atoms with E-state index in [4.69, 9.17) is 4.42 Å². The Hall–Kier alpha value is -4.19. The highest BCUT2D eigenvalue weighted by Crippen LogP contribution is 2.32. The van der Waals surface area contributed by atoms with Gasteiger partial charge in [-0.2, -0.15) is 0 Å². The van der Waals surface area contributed by atoms with Crippen LogP contribution < -0.4 is 10.9 Å². The molecule has 3 aromatic carbocycles. The van der Waals surface area contributed by atoms with Crippen LogP contribution in [0.4, 0.5) is 0 Å². The van der Waals surface area contributed by atoms with E-state index in [9.17, 15) is 9.59 Å². The van der Waals surface area contributed by atoms with E-state index in [1.165, 1.54) is 0 Å². The summed E-state index contributed by atoms with van der Waals surface area (Å²) in [5, 5.41) is 0. The van der Waals surface area contributed by atoms with Gasteiger partial charge in [-0.1, -0.05) is 91.0 Å². The zero-order valence-electron chi connectivity index (χ0n) is 17.5. The molecule has 0 bridgehead atoms. The number of hydrogen-bond acceptors (Lipinski definition) is 4. The van der Waals surface area contributed by atoms with Gasteiger partial charge >= 0.3 is 0 Å². The maximum Gasteiger partial charge on any atom is 0.242 e. The Morgan fingerprint density at radius 3 is 1.94 bits per heavy atom. The number of nitrogens with zero attached hydrogens (tertiary/aromatic N) is 1. The van der Waals surface area contributed by atoms with Crippen molar-refractivity contribution in [2.24, 2.45) is 0 Å². The Balaban J connectivity index is 1.38. The van der Waals surface area contributed by atoms with Crippen molar-refractivity contribution in [2.45, 2.75) is 19.3 Å². The lowest BCUT2D eigenvalue weighted by molar-refractivity contribution is -0.128. The summed E-state index contributed by atoms with van der Waals surface area (Å²) in [6, 6.07) is 28.9. The Morgan fingerprint density at radius 2 is 1.28 bits per heavy atom. The molecule has 2 amide bonds. The summed E-state index contributed by atoms with van der Waals surface area (Å²) in [7, 11) is 0. The normalized spacial score (nSPS) is 10.5. The van der Waals surface area contributed by atoms with Gasteiger partial charge in [0, 0.05) is 24.0 Å². The van der Waals surface area contributed by atoms with Crippen LogP contribution >= 0.6 is 0 Å². The number of oxazole rings is 1. The molecule has 4 rings (SSSR count). The molecule has 0 saturated carbocycles. The summed E-state index contributed by atoms with van der Waals surface area (Å²) in [6.07, 6.45) is 0.642. The smallest absolute Gasteiger partial charge is 0.242 e. The average Bonchev–Trinajstić information content (AvgIpc) is 3.28. The first kappa shape index (κ1) is 21.1. The molecule has 0 spiro atoms. The van der Waals surface area contributed by atoms with Crippen molar-refractivity contribution in [3.05, 3.63) is 102 Å². The van der Waals surface area contributed by atoms with E-state index in [0.717, 1.165) is 22.4 Å². The van der Waals surface area contributed by atoms with Gasteiger partial charge in [0.15, 0.2) is 11.7 Å². The van der Waals surface area contributed by atoms with E-state index in [1.54, 1.807) is 0 Å². The number of amides is 2. The molecule has 6 nitrogen and oxygen atoms in total. The number of aryl methyl sites for hydroxylation is 1. The van der Waals surface area contributed by atoms with Crippen molar-refractivity contribution >= 4 is 11.8 Å². The average molecular weight is 425 g/mol. The standard InChI is InChI=1S/C26H23N3O3/c30-22(28-29-23(31)18-19-10-4-1-5-11-19)16-17-24-27-25(20-12-6-2-7-13-20)26(32-24)21-14-8-3-9-15-21/h1-15H,16-18H2,(H,28,30)(H,29,31). The third-order valence-corrected chi connectivity index (χ3v) is 4.87. The molecule has 32 heavy (non-hydrogen) atoms. The number of nitrogens with one attached hydrogen (secondary N) is 2. The van der Waals surface area contributed by atoms with E-state index in [-0.39, 0.29) is 24.7 Å². The monoisotopic (exact) mass is 425 g/mol. The highest BCUT2D eigenvalue weighted by molar-refractivity contribution is 5.83. The highest BCUT2D eigenvalue weighted by atomic mass is 16.4. The molecule has 0 unspecified atom stereocenters. The van der Waals surface area contributed by atoms with Crippen LogP contribution in [-0.4, -0.2) is 16.8 Å². The Kier molecular flexibility index (Phi) is 6.72. The number of carbonyl (C=O) groups is 2. The lowest BCUT2D eigenvalue weighted by atomic mass is 10.1. The van der Waals surface area contributed by atoms with Crippen molar-refractivity contribution in [2.75, 3.05) is 0 Å². The van der Waals surface area contributed by atoms with Crippen LogP contribution in [-0.2, 0) is 22.4 Å². The first-order valence-corrected chi connectivity index (χ1v) is 10.4. The molecule has 2 N–H and O–H groups in total. The minimum absolute atomic E-state index is 0.134. The number of benzene rings is 3. The van der Waals surface area contributed by atoms with Crippen LogP contribution in [0.2, 0.25) is 0 Å². The van der Waals surface area contributed by atoms with Crippen molar-refractivity contribution < 1.29 is 14.0 Å². The lowest BCUT2D eigenvalue weighted by Crippen LogP contribution is -2.42. The third-order valence-electron chi connectivity index (χ3n) is 4.87. The highest BCUT2D eigenvalue weighted by Gasteiger charge is 2.17. The summed E-state index contributed by atoms with van der Waals surface area (Å²) in [6.45, 7) is 0. The van der Waals surface area contributed by atoms with E-state index in [0.29, 0.717) is 18.1 Å². The fourth-order valence-electron chi connectivity index (χ4n) is 3.30. The topological polar surface area (TPSA) is 84.2 Å². The van der Waals surface area contributed by atoms with E-state index in [1.807, 2.05) is 91.0 Å². The van der Waals surface area contributed by atoms with Crippen molar-refractivity contribution in [1.82, 2.24) is 15.8 Å². The van der Waals surface area contributed by atoms with Crippen molar-refractivity contribution in [3.8, 4) is 22.6 Å². The van der Waals surface area contributed by atoms with Gasteiger partial charge in [-0.25, -0.2) is 4.98 Å². The van der Waals surface area contributed by atoms with Crippen LogP contribution in [0.25, 0.3) is 22.6 Å². The van der Waals surface area contributed by atoms with Crippen LogP contribution in [0.3, 0.4) is 0 Å². The number of hydrazine groups is 1. The van der Waals surface area contributed by atoms with Gasteiger partial charge in [-0.15, -0.1) is 0 Å².